The number of aromatic nitrogens is 2. The molecular formula is C17H18N4O4. The molecule has 1 aromatic heterocycles. The summed E-state index contributed by atoms with van der Waals surface area (Å²) in [6.07, 6.45) is 1.20. The lowest BCUT2D eigenvalue weighted by atomic mass is 10.2. The molecule has 3 heterocycles. The first-order chi connectivity index (χ1) is 12.2. The van der Waals surface area contributed by atoms with Crippen LogP contribution in [0, 0.1) is 0 Å². The lowest BCUT2D eigenvalue weighted by Crippen LogP contribution is -2.40. The summed E-state index contributed by atoms with van der Waals surface area (Å²) in [5.41, 5.74) is 0.869. The number of rotatable bonds is 4. The summed E-state index contributed by atoms with van der Waals surface area (Å²) in [5.74, 6) is 0.826. The molecule has 0 aliphatic carbocycles. The van der Waals surface area contributed by atoms with Crippen LogP contribution in [0.5, 0.6) is 0 Å². The second kappa shape index (κ2) is 6.54. The molecule has 0 bridgehead atoms. The molecule has 0 spiro atoms. The van der Waals surface area contributed by atoms with Crippen LogP contribution in [0.2, 0.25) is 0 Å². The van der Waals surface area contributed by atoms with Crippen molar-refractivity contribution >= 4 is 12.0 Å². The van der Waals surface area contributed by atoms with Crippen LogP contribution >= 0.6 is 0 Å². The first-order valence-corrected chi connectivity index (χ1v) is 8.32. The molecule has 1 aromatic carbocycles. The van der Waals surface area contributed by atoms with E-state index in [4.69, 9.17) is 9.26 Å². The van der Waals surface area contributed by atoms with Crippen molar-refractivity contribution in [1.29, 1.82) is 0 Å². The Labute approximate surface area is 144 Å². The molecule has 8 heteroatoms. The van der Waals surface area contributed by atoms with E-state index in [0.717, 1.165) is 18.4 Å². The molecule has 130 valence electrons. The summed E-state index contributed by atoms with van der Waals surface area (Å²) < 4.78 is 10.3. The highest BCUT2D eigenvalue weighted by Crippen LogP contribution is 2.32. The van der Waals surface area contributed by atoms with Gasteiger partial charge in [0.25, 0.3) is 0 Å². The van der Waals surface area contributed by atoms with Crippen molar-refractivity contribution < 1.29 is 18.8 Å². The maximum atomic E-state index is 12.6. The third-order valence-corrected chi connectivity index (χ3v) is 4.50. The minimum Gasteiger partial charge on any atom is -0.448 e. The smallest absolute Gasteiger partial charge is 0.410 e. The van der Waals surface area contributed by atoms with Crippen molar-refractivity contribution in [2.45, 2.75) is 18.9 Å². The van der Waals surface area contributed by atoms with Gasteiger partial charge in [-0.1, -0.05) is 35.5 Å². The fourth-order valence-corrected chi connectivity index (χ4v) is 3.22. The molecule has 2 aliphatic heterocycles. The minimum atomic E-state index is -0.437. The SMILES string of the molecule is O=C1OCCN1CC(=O)N1CCC[C@H]1c1nc(-c2ccccc2)no1. The number of nitrogens with zero attached hydrogens (tertiary/aromatic N) is 4. The van der Waals surface area contributed by atoms with Gasteiger partial charge in [0.1, 0.15) is 19.2 Å². The average Bonchev–Trinajstić information content (AvgIpc) is 3.36. The molecular weight excluding hydrogens is 324 g/mol. The third kappa shape index (κ3) is 3.07. The molecule has 2 fully saturated rings. The Morgan fingerprint density at radius 3 is 2.84 bits per heavy atom. The first-order valence-electron chi connectivity index (χ1n) is 8.32. The van der Waals surface area contributed by atoms with Gasteiger partial charge in [0, 0.05) is 12.1 Å². The summed E-state index contributed by atoms with van der Waals surface area (Å²) in [6.45, 7) is 1.42. The van der Waals surface area contributed by atoms with E-state index in [1.54, 1.807) is 4.90 Å². The quantitative estimate of drug-likeness (QED) is 0.842. The van der Waals surface area contributed by atoms with Crippen molar-refractivity contribution in [3.63, 3.8) is 0 Å². The number of benzene rings is 1. The van der Waals surface area contributed by atoms with Crippen molar-refractivity contribution in [3.8, 4) is 11.4 Å². The second-order valence-corrected chi connectivity index (χ2v) is 6.10. The van der Waals surface area contributed by atoms with Gasteiger partial charge < -0.3 is 14.2 Å². The number of hydrogen-bond donors (Lipinski definition) is 0. The Balaban J connectivity index is 1.49. The lowest BCUT2D eigenvalue weighted by Gasteiger charge is -2.23. The van der Waals surface area contributed by atoms with Crippen molar-refractivity contribution in [1.82, 2.24) is 19.9 Å². The summed E-state index contributed by atoms with van der Waals surface area (Å²) in [6, 6.07) is 9.32. The standard InChI is InChI=1S/C17H18N4O4/c22-14(11-20-9-10-24-17(20)23)21-8-4-7-13(21)16-18-15(19-25-16)12-5-2-1-3-6-12/h1-3,5-6,13H,4,7-11H2/t13-/m0/s1. The van der Waals surface area contributed by atoms with Gasteiger partial charge in [-0.25, -0.2) is 4.79 Å². The Morgan fingerprint density at radius 2 is 2.08 bits per heavy atom. The van der Waals surface area contributed by atoms with Crippen LogP contribution in [-0.4, -0.2) is 58.2 Å². The molecule has 2 aromatic rings. The Bertz CT molecular complexity index is 776. The van der Waals surface area contributed by atoms with Gasteiger partial charge in [0.15, 0.2) is 0 Å². The fraction of sp³-hybridized carbons (Fsp3) is 0.412. The Kier molecular flexibility index (Phi) is 4.09. The molecule has 8 nitrogen and oxygen atoms in total. The summed E-state index contributed by atoms with van der Waals surface area (Å²) >= 11 is 0. The molecule has 1 atom stereocenters. The van der Waals surface area contributed by atoms with E-state index in [1.807, 2.05) is 30.3 Å². The van der Waals surface area contributed by atoms with Crippen LogP contribution in [0.1, 0.15) is 24.8 Å². The molecule has 25 heavy (non-hydrogen) atoms. The second-order valence-electron chi connectivity index (χ2n) is 6.10. The van der Waals surface area contributed by atoms with Crippen molar-refractivity contribution in [2.24, 2.45) is 0 Å². The van der Waals surface area contributed by atoms with Gasteiger partial charge >= 0.3 is 6.09 Å². The largest absolute Gasteiger partial charge is 0.448 e. The zero-order valence-corrected chi connectivity index (χ0v) is 13.6. The normalized spacial score (nSPS) is 20.2. The van der Waals surface area contributed by atoms with Crippen molar-refractivity contribution in [2.75, 3.05) is 26.2 Å². The minimum absolute atomic E-state index is 0.0228. The molecule has 4 rings (SSSR count). The molecule has 2 aliphatic rings. The molecule has 2 amide bonds. The lowest BCUT2D eigenvalue weighted by molar-refractivity contribution is -0.133. The zero-order chi connectivity index (χ0) is 17.2. The van der Waals surface area contributed by atoms with Gasteiger partial charge in [0.2, 0.25) is 17.6 Å². The highest BCUT2D eigenvalue weighted by Gasteiger charge is 2.36. The van der Waals surface area contributed by atoms with E-state index in [0.29, 0.717) is 31.4 Å². The van der Waals surface area contributed by atoms with E-state index >= 15 is 0 Å². The molecule has 0 N–H and O–H groups in total. The summed E-state index contributed by atoms with van der Waals surface area (Å²) in [7, 11) is 0. The number of carbonyl (C=O) groups is 2. The number of hydrogen-bond acceptors (Lipinski definition) is 6. The van der Waals surface area contributed by atoms with Crippen LogP contribution in [0.15, 0.2) is 34.9 Å². The van der Waals surface area contributed by atoms with Gasteiger partial charge in [-0.3, -0.25) is 9.69 Å². The van der Waals surface area contributed by atoms with Crippen LogP contribution in [-0.2, 0) is 9.53 Å². The van der Waals surface area contributed by atoms with Crippen LogP contribution in [0.4, 0.5) is 4.79 Å². The molecule has 0 unspecified atom stereocenters. The molecule has 0 radical (unpaired) electrons. The van der Waals surface area contributed by atoms with E-state index in [2.05, 4.69) is 10.1 Å². The van der Waals surface area contributed by atoms with Crippen LogP contribution in [0.3, 0.4) is 0 Å². The van der Waals surface area contributed by atoms with E-state index in [-0.39, 0.29) is 18.5 Å². The number of likely N-dealkylation sites (tertiary alicyclic amines) is 1. The highest BCUT2D eigenvalue weighted by molar-refractivity contribution is 5.83. The zero-order valence-electron chi connectivity index (χ0n) is 13.6. The summed E-state index contributed by atoms with van der Waals surface area (Å²) in [5, 5.41) is 4.03. The predicted octanol–water partition coefficient (Wildman–Crippen LogP) is 1.85. The highest BCUT2D eigenvalue weighted by atomic mass is 16.6. The Morgan fingerprint density at radius 1 is 1.24 bits per heavy atom. The van der Waals surface area contributed by atoms with E-state index < -0.39 is 6.09 Å². The number of amides is 2. The van der Waals surface area contributed by atoms with Gasteiger partial charge in [0.05, 0.1) is 6.54 Å². The predicted molar refractivity (Wildman–Crippen MR) is 86.3 cm³/mol. The van der Waals surface area contributed by atoms with Crippen LogP contribution < -0.4 is 0 Å². The number of cyclic esters (lactones) is 1. The Hall–Kier alpha value is -2.90. The summed E-state index contributed by atoms with van der Waals surface area (Å²) in [4.78, 5) is 31.7. The van der Waals surface area contributed by atoms with E-state index in [9.17, 15) is 9.59 Å². The van der Waals surface area contributed by atoms with Crippen LogP contribution in [0.25, 0.3) is 11.4 Å². The number of ether oxygens (including phenoxy) is 1. The van der Waals surface area contributed by atoms with Crippen molar-refractivity contribution in [3.05, 3.63) is 36.2 Å². The average molecular weight is 342 g/mol. The number of carbonyl (C=O) groups excluding carboxylic acids is 2. The topological polar surface area (TPSA) is 88.8 Å². The van der Waals surface area contributed by atoms with Gasteiger partial charge in [-0.15, -0.1) is 0 Å². The molecule has 0 saturated carbocycles. The fourth-order valence-electron chi connectivity index (χ4n) is 3.22. The molecule has 2 saturated heterocycles. The van der Waals surface area contributed by atoms with E-state index in [1.165, 1.54) is 4.90 Å². The monoisotopic (exact) mass is 342 g/mol. The maximum Gasteiger partial charge on any atom is 0.410 e. The first kappa shape index (κ1) is 15.6. The maximum absolute atomic E-state index is 12.6. The van der Waals surface area contributed by atoms with Gasteiger partial charge in [-0.2, -0.15) is 4.98 Å². The van der Waals surface area contributed by atoms with Gasteiger partial charge in [-0.05, 0) is 12.8 Å². The third-order valence-electron chi connectivity index (χ3n) is 4.50.